The van der Waals surface area contributed by atoms with E-state index in [1.807, 2.05) is 31.2 Å². The topological polar surface area (TPSA) is 63.6 Å². The first-order valence-corrected chi connectivity index (χ1v) is 7.08. The number of hydrogen-bond acceptors (Lipinski definition) is 3. The fraction of sp³-hybridized carbons (Fsp3) is 0.222. The Morgan fingerprint density at radius 3 is 2.45 bits per heavy atom. The van der Waals surface area contributed by atoms with Gasteiger partial charge in [-0.25, -0.2) is 0 Å². The smallest absolute Gasteiger partial charge is 0.303 e. The van der Waals surface area contributed by atoms with Crippen LogP contribution in [0.2, 0.25) is 0 Å². The lowest BCUT2D eigenvalue weighted by Crippen LogP contribution is -2.04. The summed E-state index contributed by atoms with van der Waals surface area (Å²) in [6, 6.07) is 14.9. The van der Waals surface area contributed by atoms with Crippen LogP contribution in [0.25, 0.3) is 0 Å². The number of aliphatic carboxylic acids is 1. The van der Waals surface area contributed by atoms with Gasteiger partial charge in [0.2, 0.25) is 0 Å². The van der Waals surface area contributed by atoms with Crippen molar-refractivity contribution in [3.05, 3.63) is 65.2 Å². The Balaban J connectivity index is 1.97. The van der Waals surface area contributed by atoms with Gasteiger partial charge in [-0.15, -0.1) is 0 Å². The number of ether oxygens (including phenoxy) is 1. The number of carboxylic acid groups (broad SMARTS) is 1. The summed E-state index contributed by atoms with van der Waals surface area (Å²) in [7, 11) is 0. The molecule has 0 aromatic heterocycles. The lowest BCUT2D eigenvalue weighted by Gasteiger charge is -2.08. The maximum atomic E-state index is 11.9. The molecule has 22 heavy (non-hydrogen) atoms. The first kappa shape index (κ1) is 15.8. The van der Waals surface area contributed by atoms with E-state index in [2.05, 4.69) is 0 Å². The Morgan fingerprint density at radius 2 is 1.77 bits per heavy atom. The van der Waals surface area contributed by atoms with Crippen molar-refractivity contribution < 1.29 is 19.4 Å². The number of ketones is 1. The standard InChI is InChI=1S/C18H18O4/c1-13-5-7-14(8-6-13)12-22-16-4-2-3-15(11-16)17(19)9-10-18(20)21/h2-8,11H,9-10,12H2,1H3,(H,20,21). The molecule has 4 nitrogen and oxygen atoms in total. The summed E-state index contributed by atoms with van der Waals surface area (Å²) in [5, 5.41) is 8.62. The average molecular weight is 298 g/mol. The van der Waals surface area contributed by atoms with Crippen LogP contribution in [0.5, 0.6) is 5.75 Å². The Labute approximate surface area is 129 Å². The maximum Gasteiger partial charge on any atom is 0.303 e. The molecule has 0 unspecified atom stereocenters. The molecular weight excluding hydrogens is 280 g/mol. The minimum atomic E-state index is -0.972. The van der Waals surface area contributed by atoms with Crippen LogP contribution < -0.4 is 4.74 Å². The van der Waals surface area contributed by atoms with Crippen LogP contribution in [-0.4, -0.2) is 16.9 Å². The summed E-state index contributed by atoms with van der Waals surface area (Å²) in [4.78, 5) is 22.4. The molecule has 0 aliphatic carbocycles. The van der Waals surface area contributed by atoms with Crippen molar-refractivity contribution in [3.8, 4) is 5.75 Å². The Bertz CT molecular complexity index is 659. The molecule has 0 atom stereocenters. The molecule has 0 aliphatic rings. The third-order valence-electron chi connectivity index (χ3n) is 3.25. The van der Waals surface area contributed by atoms with Gasteiger partial charge in [0, 0.05) is 12.0 Å². The first-order chi connectivity index (χ1) is 10.5. The van der Waals surface area contributed by atoms with Gasteiger partial charge in [-0.1, -0.05) is 42.0 Å². The molecular formula is C18H18O4. The van der Waals surface area contributed by atoms with Gasteiger partial charge in [0.15, 0.2) is 5.78 Å². The van der Waals surface area contributed by atoms with Crippen LogP contribution in [0.15, 0.2) is 48.5 Å². The van der Waals surface area contributed by atoms with Crippen molar-refractivity contribution in [3.63, 3.8) is 0 Å². The van der Waals surface area contributed by atoms with Crippen molar-refractivity contribution in [2.75, 3.05) is 0 Å². The van der Waals surface area contributed by atoms with Gasteiger partial charge in [0.25, 0.3) is 0 Å². The molecule has 0 heterocycles. The predicted molar refractivity (Wildman–Crippen MR) is 83.2 cm³/mol. The van der Waals surface area contributed by atoms with Crippen LogP contribution >= 0.6 is 0 Å². The lowest BCUT2D eigenvalue weighted by atomic mass is 10.1. The van der Waals surface area contributed by atoms with Crippen molar-refractivity contribution in [2.45, 2.75) is 26.4 Å². The van der Waals surface area contributed by atoms with Gasteiger partial charge in [-0.3, -0.25) is 9.59 Å². The molecule has 0 spiro atoms. The number of carbonyl (C=O) groups excluding carboxylic acids is 1. The van der Waals surface area contributed by atoms with Crippen LogP contribution in [0.3, 0.4) is 0 Å². The molecule has 2 rings (SSSR count). The molecule has 114 valence electrons. The summed E-state index contributed by atoms with van der Waals surface area (Å²) in [5.74, 6) is -0.565. The molecule has 0 saturated heterocycles. The van der Waals surface area contributed by atoms with E-state index in [1.54, 1.807) is 24.3 Å². The highest BCUT2D eigenvalue weighted by Crippen LogP contribution is 2.17. The van der Waals surface area contributed by atoms with E-state index in [0.29, 0.717) is 17.9 Å². The van der Waals surface area contributed by atoms with Crippen molar-refractivity contribution in [2.24, 2.45) is 0 Å². The van der Waals surface area contributed by atoms with E-state index >= 15 is 0 Å². The van der Waals surface area contributed by atoms with Gasteiger partial charge < -0.3 is 9.84 Å². The maximum absolute atomic E-state index is 11.9. The highest BCUT2D eigenvalue weighted by Gasteiger charge is 2.09. The van der Waals surface area contributed by atoms with Gasteiger partial charge in [0.05, 0.1) is 6.42 Å². The molecule has 0 radical (unpaired) electrons. The van der Waals surface area contributed by atoms with Crippen LogP contribution in [0, 0.1) is 6.92 Å². The third-order valence-corrected chi connectivity index (χ3v) is 3.25. The van der Waals surface area contributed by atoms with Crippen molar-refractivity contribution >= 4 is 11.8 Å². The quantitative estimate of drug-likeness (QED) is 0.793. The second-order valence-electron chi connectivity index (χ2n) is 5.12. The molecule has 0 aliphatic heterocycles. The van der Waals surface area contributed by atoms with E-state index in [0.717, 1.165) is 5.56 Å². The number of carboxylic acids is 1. The minimum Gasteiger partial charge on any atom is -0.489 e. The fourth-order valence-electron chi connectivity index (χ4n) is 1.98. The normalized spacial score (nSPS) is 10.2. The molecule has 1 N–H and O–H groups in total. The highest BCUT2D eigenvalue weighted by atomic mass is 16.5. The number of rotatable bonds is 7. The zero-order valence-electron chi connectivity index (χ0n) is 12.4. The number of aryl methyl sites for hydroxylation is 1. The van der Waals surface area contributed by atoms with E-state index in [4.69, 9.17) is 9.84 Å². The van der Waals surface area contributed by atoms with Gasteiger partial charge in [0.1, 0.15) is 12.4 Å². The van der Waals surface area contributed by atoms with Crippen LogP contribution in [0.4, 0.5) is 0 Å². The SMILES string of the molecule is Cc1ccc(COc2cccc(C(=O)CCC(=O)O)c2)cc1. The summed E-state index contributed by atoms with van der Waals surface area (Å²) < 4.78 is 5.68. The summed E-state index contributed by atoms with van der Waals surface area (Å²) in [5.41, 5.74) is 2.71. The summed E-state index contributed by atoms with van der Waals surface area (Å²) in [6.07, 6.45) is -0.163. The molecule has 0 amide bonds. The summed E-state index contributed by atoms with van der Waals surface area (Å²) >= 11 is 0. The Morgan fingerprint density at radius 1 is 1.05 bits per heavy atom. The molecule has 0 bridgehead atoms. The lowest BCUT2D eigenvalue weighted by molar-refractivity contribution is -0.136. The van der Waals surface area contributed by atoms with E-state index in [-0.39, 0.29) is 18.6 Å². The van der Waals surface area contributed by atoms with Crippen LogP contribution in [-0.2, 0) is 11.4 Å². The van der Waals surface area contributed by atoms with Crippen molar-refractivity contribution in [1.82, 2.24) is 0 Å². The largest absolute Gasteiger partial charge is 0.489 e. The van der Waals surface area contributed by atoms with E-state index in [1.165, 1.54) is 5.56 Å². The monoisotopic (exact) mass is 298 g/mol. The second-order valence-corrected chi connectivity index (χ2v) is 5.12. The predicted octanol–water partition coefficient (Wildman–Crippen LogP) is 3.62. The molecule has 2 aromatic carbocycles. The van der Waals surface area contributed by atoms with Gasteiger partial charge in [-0.2, -0.15) is 0 Å². The number of carbonyl (C=O) groups is 2. The highest BCUT2D eigenvalue weighted by molar-refractivity contribution is 5.97. The number of benzene rings is 2. The number of Topliss-reactive ketones (excluding diaryl/α,β-unsaturated/α-hetero) is 1. The minimum absolute atomic E-state index is 0.00323. The second kappa shape index (κ2) is 7.41. The van der Waals surface area contributed by atoms with Crippen LogP contribution in [0.1, 0.15) is 34.3 Å². The molecule has 2 aromatic rings. The van der Waals surface area contributed by atoms with Crippen molar-refractivity contribution in [1.29, 1.82) is 0 Å². The Hall–Kier alpha value is -2.62. The molecule has 0 saturated carbocycles. The van der Waals surface area contributed by atoms with E-state index in [9.17, 15) is 9.59 Å². The molecule has 0 fully saturated rings. The van der Waals surface area contributed by atoms with Gasteiger partial charge >= 0.3 is 5.97 Å². The zero-order chi connectivity index (χ0) is 15.9. The molecule has 4 heteroatoms. The van der Waals surface area contributed by atoms with Gasteiger partial charge in [-0.05, 0) is 24.6 Å². The third kappa shape index (κ3) is 4.74. The Kier molecular flexibility index (Phi) is 5.31. The fourth-order valence-corrected chi connectivity index (χ4v) is 1.98. The zero-order valence-corrected chi connectivity index (χ0v) is 12.4. The average Bonchev–Trinajstić information content (AvgIpc) is 2.52. The van der Waals surface area contributed by atoms with E-state index < -0.39 is 5.97 Å². The summed E-state index contributed by atoms with van der Waals surface area (Å²) in [6.45, 7) is 2.45. The first-order valence-electron chi connectivity index (χ1n) is 7.08. The number of hydrogen-bond donors (Lipinski definition) is 1.